The summed E-state index contributed by atoms with van der Waals surface area (Å²) in [4.78, 5) is 75.9. The largest absolute Gasteiger partial charge is 0.508 e. The minimum atomic E-state index is -1.16. The van der Waals surface area contributed by atoms with Crippen LogP contribution < -0.4 is 32.3 Å². The van der Waals surface area contributed by atoms with E-state index < -0.39 is 54.2 Å². The average molecular weight is 749 g/mol. The van der Waals surface area contributed by atoms with Crippen LogP contribution in [0.3, 0.4) is 0 Å². The van der Waals surface area contributed by atoms with Crippen LogP contribution in [-0.4, -0.2) is 84.3 Å². The summed E-state index contributed by atoms with van der Waals surface area (Å²) in [7, 11) is 1.39. The summed E-state index contributed by atoms with van der Waals surface area (Å²) in [6, 6.07) is 2.99. The van der Waals surface area contributed by atoms with Crippen LogP contribution in [0.5, 0.6) is 5.75 Å². The number of phenols is 1. The molecule has 3 atom stereocenters. The van der Waals surface area contributed by atoms with Gasteiger partial charge in [0.1, 0.15) is 23.9 Å². The van der Waals surface area contributed by atoms with Gasteiger partial charge in [-0.15, -0.1) is 0 Å². The fraction of sp³-hybridized carbons (Fsp3) is 0.684. The Morgan fingerprint density at radius 3 is 1.75 bits per heavy atom. The lowest BCUT2D eigenvalue weighted by molar-refractivity contribution is -0.133. The topological polar surface area (TPSA) is 209 Å². The lowest BCUT2D eigenvalue weighted by Crippen LogP contribution is -2.56. The van der Waals surface area contributed by atoms with E-state index in [0.717, 1.165) is 19.3 Å². The predicted molar refractivity (Wildman–Crippen MR) is 206 cm³/mol. The number of carbonyl (C=O) groups is 6. The predicted octanol–water partition coefficient (Wildman–Crippen LogP) is 3.75. The van der Waals surface area contributed by atoms with Crippen molar-refractivity contribution in [2.24, 2.45) is 5.73 Å². The molecule has 294 valence electrons. The van der Waals surface area contributed by atoms with Gasteiger partial charge >= 0.3 is 0 Å². The average Bonchev–Trinajstić information content (AvgIpc) is 3.12. The van der Waals surface area contributed by atoms with E-state index >= 15 is 0 Å². The Labute approximate surface area is 314 Å². The maximum absolute atomic E-state index is 13.3. The number of hydrogen-bond donors (Lipinski definition) is 7. The quantitative estimate of drug-likeness (QED) is 0.0575. The summed E-state index contributed by atoms with van der Waals surface area (Å²) < 4.78 is 0. The normalized spacial score (nSPS) is 12.6. The summed E-state index contributed by atoms with van der Waals surface area (Å²) >= 11 is 1.54. The van der Waals surface area contributed by atoms with Gasteiger partial charge in [0.05, 0.1) is 6.54 Å². The van der Waals surface area contributed by atoms with Gasteiger partial charge in [-0.2, -0.15) is 11.8 Å². The molecule has 8 N–H and O–H groups in total. The standard InChI is InChI=1S/C38H64N6O7S/c1-4-5-6-7-8-9-10-11-12-13-14-15-16-17-34(47)42-31(24-25-52-3)37(50)41-27-35(48)43-32(26-28-18-20-29(45)21-19-28)38(51)44-30(36(49)40-2)22-23-33(39)46/h18-21,30-32,45H,4-17,22-27H2,1-3H3,(H2,39,46)(H,40,49)(H,41,50)(H,42,47)(H,43,48)(H,44,51)/t30-,31-,32-/m0/s1. The summed E-state index contributed by atoms with van der Waals surface area (Å²) in [6.45, 7) is 1.78. The zero-order valence-electron chi connectivity index (χ0n) is 31.6. The molecule has 52 heavy (non-hydrogen) atoms. The summed E-state index contributed by atoms with van der Waals surface area (Å²) in [5.41, 5.74) is 5.84. The molecule has 0 aliphatic heterocycles. The number of likely N-dealkylation sites (N-methyl/N-ethyl adjacent to an activating group) is 1. The summed E-state index contributed by atoms with van der Waals surface area (Å²) in [6.07, 6.45) is 18.1. The van der Waals surface area contributed by atoms with Crippen LogP contribution in [0, 0.1) is 0 Å². The molecule has 0 bridgehead atoms. The maximum atomic E-state index is 13.3. The number of rotatable bonds is 30. The molecule has 1 aromatic rings. The molecule has 6 amide bonds. The second-order valence-corrected chi connectivity index (χ2v) is 14.3. The molecule has 0 aliphatic rings. The van der Waals surface area contributed by atoms with Crippen LogP contribution in [0.15, 0.2) is 24.3 Å². The zero-order valence-corrected chi connectivity index (χ0v) is 32.4. The molecule has 0 fully saturated rings. The number of primary amides is 1. The highest BCUT2D eigenvalue weighted by Crippen LogP contribution is 2.14. The monoisotopic (exact) mass is 748 g/mol. The number of aromatic hydroxyl groups is 1. The van der Waals surface area contributed by atoms with E-state index in [2.05, 4.69) is 33.5 Å². The van der Waals surface area contributed by atoms with Crippen LogP contribution >= 0.6 is 11.8 Å². The fourth-order valence-electron chi connectivity index (χ4n) is 5.69. The fourth-order valence-corrected chi connectivity index (χ4v) is 6.16. The SMILES string of the molecule is CCCCCCCCCCCCCCCC(=O)N[C@@H](CCSC)C(=O)NCC(=O)N[C@@H](Cc1ccc(O)cc1)C(=O)N[C@@H](CCC(N)=O)C(=O)NC. The molecule has 0 aliphatic carbocycles. The molecule has 0 saturated carbocycles. The molecule has 0 aromatic heterocycles. The molecule has 0 heterocycles. The van der Waals surface area contributed by atoms with E-state index in [0.29, 0.717) is 24.2 Å². The van der Waals surface area contributed by atoms with E-state index in [4.69, 9.17) is 5.73 Å². The van der Waals surface area contributed by atoms with Gasteiger partial charge in [-0.05, 0) is 49.0 Å². The van der Waals surface area contributed by atoms with Crippen molar-refractivity contribution < 1.29 is 33.9 Å². The number of phenolic OH excluding ortho intramolecular Hbond substituents is 1. The molecule has 0 unspecified atom stereocenters. The molecule has 0 spiro atoms. The molecule has 1 rings (SSSR count). The number of hydrogen-bond acceptors (Lipinski definition) is 8. The van der Waals surface area contributed by atoms with Gasteiger partial charge in [-0.3, -0.25) is 28.8 Å². The van der Waals surface area contributed by atoms with Gasteiger partial charge in [0.15, 0.2) is 0 Å². The lowest BCUT2D eigenvalue weighted by Gasteiger charge is -2.23. The Balaban J connectivity index is 2.65. The second kappa shape index (κ2) is 28.7. The van der Waals surface area contributed by atoms with Gasteiger partial charge in [-0.1, -0.05) is 96.1 Å². The molecular weight excluding hydrogens is 685 g/mol. The Morgan fingerprint density at radius 2 is 1.21 bits per heavy atom. The number of nitrogens with one attached hydrogen (secondary N) is 5. The first-order chi connectivity index (χ1) is 25.0. The number of thioether (sulfide) groups is 1. The van der Waals surface area contributed by atoms with Gasteiger partial charge in [0.2, 0.25) is 35.4 Å². The van der Waals surface area contributed by atoms with E-state index in [1.54, 1.807) is 12.1 Å². The third-order valence-electron chi connectivity index (χ3n) is 8.78. The lowest BCUT2D eigenvalue weighted by atomic mass is 10.0. The first kappa shape index (κ1) is 46.2. The van der Waals surface area contributed by atoms with Crippen molar-refractivity contribution in [2.45, 2.75) is 141 Å². The third kappa shape index (κ3) is 22.2. The first-order valence-electron chi connectivity index (χ1n) is 18.9. The van der Waals surface area contributed by atoms with E-state index in [9.17, 15) is 33.9 Å². The highest BCUT2D eigenvalue weighted by Gasteiger charge is 2.28. The summed E-state index contributed by atoms with van der Waals surface area (Å²) in [5.74, 6) is -2.60. The third-order valence-corrected chi connectivity index (χ3v) is 9.42. The van der Waals surface area contributed by atoms with Crippen molar-refractivity contribution in [3.8, 4) is 5.75 Å². The Bertz CT molecular complexity index is 1220. The Morgan fingerprint density at radius 1 is 0.673 bits per heavy atom. The maximum Gasteiger partial charge on any atom is 0.243 e. The highest BCUT2D eigenvalue weighted by atomic mass is 32.2. The highest BCUT2D eigenvalue weighted by molar-refractivity contribution is 7.98. The van der Waals surface area contributed by atoms with Crippen molar-refractivity contribution in [1.29, 1.82) is 0 Å². The van der Waals surface area contributed by atoms with Gasteiger partial charge < -0.3 is 37.4 Å². The number of amides is 6. The van der Waals surface area contributed by atoms with Crippen LogP contribution in [-0.2, 0) is 35.2 Å². The summed E-state index contributed by atoms with van der Waals surface area (Å²) in [5, 5.41) is 22.7. The van der Waals surface area contributed by atoms with Gasteiger partial charge in [0.25, 0.3) is 0 Å². The Kier molecular flexibility index (Phi) is 25.5. The number of nitrogens with two attached hydrogens (primary N) is 1. The number of benzene rings is 1. The van der Waals surface area contributed by atoms with Crippen LogP contribution in [0.25, 0.3) is 0 Å². The van der Waals surface area contributed by atoms with Crippen molar-refractivity contribution >= 4 is 47.2 Å². The van der Waals surface area contributed by atoms with Gasteiger partial charge in [-0.25, -0.2) is 0 Å². The Hall–Kier alpha value is -3.81. The minimum Gasteiger partial charge on any atom is -0.508 e. The molecule has 14 heteroatoms. The second-order valence-electron chi connectivity index (χ2n) is 13.3. The molecule has 1 aromatic carbocycles. The van der Waals surface area contributed by atoms with Crippen molar-refractivity contribution in [1.82, 2.24) is 26.6 Å². The van der Waals surface area contributed by atoms with Crippen LogP contribution in [0.4, 0.5) is 0 Å². The minimum absolute atomic E-state index is 0.00762. The molecular formula is C38H64N6O7S. The first-order valence-corrected chi connectivity index (χ1v) is 20.3. The van der Waals surface area contributed by atoms with Crippen LogP contribution in [0.2, 0.25) is 0 Å². The van der Waals surface area contributed by atoms with Crippen molar-refractivity contribution in [3.63, 3.8) is 0 Å². The molecule has 0 saturated heterocycles. The van der Waals surface area contributed by atoms with Crippen LogP contribution in [0.1, 0.15) is 122 Å². The molecule has 0 radical (unpaired) electrons. The van der Waals surface area contributed by atoms with E-state index in [-0.39, 0.29) is 30.9 Å². The molecule has 13 nitrogen and oxygen atoms in total. The van der Waals surface area contributed by atoms with Gasteiger partial charge in [0, 0.05) is 26.3 Å². The van der Waals surface area contributed by atoms with E-state index in [1.807, 2.05) is 6.26 Å². The zero-order chi connectivity index (χ0) is 38.6. The number of unbranched alkanes of at least 4 members (excludes halogenated alkanes) is 12. The van der Waals surface area contributed by atoms with Crippen molar-refractivity contribution in [3.05, 3.63) is 29.8 Å². The van der Waals surface area contributed by atoms with Crippen molar-refractivity contribution in [2.75, 3.05) is 25.6 Å². The number of carbonyl (C=O) groups excluding carboxylic acids is 6. The van der Waals surface area contributed by atoms with E-state index in [1.165, 1.54) is 95.2 Å². The smallest absolute Gasteiger partial charge is 0.243 e.